The highest BCUT2D eigenvalue weighted by Crippen LogP contribution is 2.32. The van der Waals surface area contributed by atoms with E-state index in [0.717, 1.165) is 28.0 Å². The van der Waals surface area contributed by atoms with Crippen molar-refractivity contribution in [2.75, 3.05) is 0 Å². The van der Waals surface area contributed by atoms with Crippen LogP contribution in [0.1, 0.15) is 5.56 Å². The van der Waals surface area contributed by atoms with E-state index in [1.807, 2.05) is 54.6 Å². The molecule has 0 radical (unpaired) electrons. The van der Waals surface area contributed by atoms with E-state index in [0.29, 0.717) is 21.6 Å². The zero-order chi connectivity index (χ0) is 17.4. The van der Waals surface area contributed by atoms with Crippen LogP contribution in [0.25, 0.3) is 22.4 Å². The van der Waals surface area contributed by atoms with Gasteiger partial charge < -0.3 is 4.57 Å². The second-order valence-corrected chi connectivity index (χ2v) is 7.04. The van der Waals surface area contributed by atoms with Crippen molar-refractivity contribution in [1.82, 2.24) is 9.55 Å². The number of hydrogen-bond donors (Lipinski definition) is 0. The molecule has 0 N–H and O–H groups in total. The molecule has 2 nitrogen and oxygen atoms in total. The molecule has 0 saturated carbocycles. The van der Waals surface area contributed by atoms with Gasteiger partial charge in [0, 0.05) is 22.2 Å². The maximum absolute atomic E-state index is 6.43. The fourth-order valence-corrected chi connectivity index (χ4v) is 3.64. The van der Waals surface area contributed by atoms with Crippen LogP contribution in [0.5, 0.6) is 0 Å². The van der Waals surface area contributed by atoms with Crippen molar-refractivity contribution in [3.63, 3.8) is 0 Å². The summed E-state index contributed by atoms with van der Waals surface area (Å²) in [7, 11) is 0. The van der Waals surface area contributed by atoms with Gasteiger partial charge >= 0.3 is 0 Å². The van der Waals surface area contributed by atoms with Gasteiger partial charge in [0.15, 0.2) is 0 Å². The van der Waals surface area contributed by atoms with Crippen LogP contribution in [0.3, 0.4) is 0 Å². The molecular formula is C20H13Cl3N2. The molecule has 0 aliphatic rings. The van der Waals surface area contributed by atoms with Gasteiger partial charge in [0.25, 0.3) is 0 Å². The van der Waals surface area contributed by atoms with E-state index in [9.17, 15) is 0 Å². The molecule has 0 unspecified atom stereocenters. The van der Waals surface area contributed by atoms with Crippen molar-refractivity contribution in [3.05, 3.63) is 87.4 Å². The van der Waals surface area contributed by atoms with Crippen LogP contribution in [0, 0.1) is 0 Å². The highest BCUT2D eigenvalue weighted by molar-refractivity contribution is 6.36. The second-order valence-electron chi connectivity index (χ2n) is 5.76. The monoisotopic (exact) mass is 386 g/mol. The van der Waals surface area contributed by atoms with Gasteiger partial charge in [0.2, 0.25) is 0 Å². The number of fused-ring (bicyclic) bond motifs is 1. The zero-order valence-electron chi connectivity index (χ0n) is 13.1. The predicted octanol–water partition coefficient (Wildman–Crippen LogP) is 6.71. The Morgan fingerprint density at radius 1 is 0.800 bits per heavy atom. The minimum absolute atomic E-state index is 0.579. The van der Waals surface area contributed by atoms with Crippen LogP contribution >= 0.6 is 34.8 Å². The number of nitrogens with zero attached hydrogens (tertiary/aromatic N) is 2. The van der Waals surface area contributed by atoms with Gasteiger partial charge in [-0.05, 0) is 48.0 Å². The van der Waals surface area contributed by atoms with E-state index < -0.39 is 0 Å². The summed E-state index contributed by atoms with van der Waals surface area (Å²) in [6, 6.07) is 21.3. The molecule has 5 heteroatoms. The molecule has 1 heterocycles. The Morgan fingerprint density at radius 2 is 1.60 bits per heavy atom. The Bertz CT molecular complexity index is 1070. The van der Waals surface area contributed by atoms with Gasteiger partial charge in [-0.3, -0.25) is 0 Å². The lowest BCUT2D eigenvalue weighted by Gasteiger charge is -2.11. The van der Waals surface area contributed by atoms with Crippen molar-refractivity contribution in [2.24, 2.45) is 0 Å². The van der Waals surface area contributed by atoms with Gasteiger partial charge in [0.05, 0.1) is 16.1 Å². The Kier molecular flexibility index (Phi) is 4.43. The first kappa shape index (κ1) is 16.5. The third kappa shape index (κ3) is 3.25. The van der Waals surface area contributed by atoms with E-state index in [-0.39, 0.29) is 0 Å². The summed E-state index contributed by atoms with van der Waals surface area (Å²) in [5, 5.41) is 1.90. The van der Waals surface area contributed by atoms with E-state index in [2.05, 4.69) is 10.6 Å². The Balaban J connectivity index is 1.92. The molecule has 0 spiro atoms. The number of imidazole rings is 1. The lowest BCUT2D eigenvalue weighted by atomic mass is 10.2. The lowest BCUT2D eigenvalue weighted by Crippen LogP contribution is -2.02. The van der Waals surface area contributed by atoms with E-state index in [1.54, 1.807) is 6.07 Å². The van der Waals surface area contributed by atoms with Crippen molar-refractivity contribution in [2.45, 2.75) is 6.54 Å². The molecular weight excluding hydrogens is 375 g/mol. The third-order valence-electron chi connectivity index (χ3n) is 4.06. The summed E-state index contributed by atoms with van der Waals surface area (Å²) < 4.78 is 2.15. The molecule has 0 bridgehead atoms. The molecule has 0 aliphatic heterocycles. The van der Waals surface area contributed by atoms with Crippen LogP contribution in [-0.2, 0) is 6.54 Å². The third-order valence-corrected chi connectivity index (χ3v) is 4.84. The smallest absolute Gasteiger partial charge is 0.142 e. The maximum atomic E-state index is 6.43. The second kappa shape index (κ2) is 6.72. The van der Waals surface area contributed by atoms with Gasteiger partial charge in [-0.25, -0.2) is 4.98 Å². The maximum Gasteiger partial charge on any atom is 0.142 e. The topological polar surface area (TPSA) is 17.8 Å². The first-order chi connectivity index (χ1) is 12.1. The normalized spacial score (nSPS) is 11.2. The van der Waals surface area contributed by atoms with Crippen LogP contribution < -0.4 is 0 Å². The SMILES string of the molecule is Clc1cccc(Cn2c(-c3ccc(Cl)cc3Cl)nc3ccccc32)c1. The van der Waals surface area contributed by atoms with Crippen LogP contribution in [-0.4, -0.2) is 9.55 Å². The average molecular weight is 388 g/mol. The summed E-state index contributed by atoms with van der Waals surface area (Å²) in [5.74, 6) is 0.808. The molecule has 1 aromatic heterocycles. The molecule has 3 aromatic carbocycles. The average Bonchev–Trinajstić information content (AvgIpc) is 2.93. The molecule has 25 heavy (non-hydrogen) atoms. The minimum Gasteiger partial charge on any atom is -0.319 e. The minimum atomic E-state index is 0.579. The highest BCUT2D eigenvalue weighted by atomic mass is 35.5. The molecule has 4 rings (SSSR count). The number of aromatic nitrogens is 2. The van der Waals surface area contributed by atoms with E-state index in [1.165, 1.54) is 0 Å². The Labute approximate surface area is 160 Å². The van der Waals surface area contributed by atoms with Crippen molar-refractivity contribution >= 4 is 45.8 Å². The molecule has 4 aromatic rings. The summed E-state index contributed by atoms with van der Waals surface area (Å²) in [6.07, 6.45) is 0. The summed E-state index contributed by atoms with van der Waals surface area (Å²) in [5.41, 5.74) is 3.92. The standard InChI is InChI=1S/C20H13Cl3N2/c21-14-5-3-4-13(10-14)12-25-19-7-2-1-6-18(19)24-20(25)16-9-8-15(22)11-17(16)23/h1-11H,12H2. The fraction of sp³-hybridized carbons (Fsp3) is 0.0500. The summed E-state index contributed by atoms with van der Waals surface area (Å²) in [6.45, 7) is 0.648. The van der Waals surface area contributed by atoms with Crippen LogP contribution in [0.2, 0.25) is 15.1 Å². The highest BCUT2D eigenvalue weighted by Gasteiger charge is 2.15. The van der Waals surface area contributed by atoms with Gasteiger partial charge in [0.1, 0.15) is 5.82 Å². The van der Waals surface area contributed by atoms with Crippen LogP contribution in [0.15, 0.2) is 66.7 Å². The molecule has 0 amide bonds. The molecule has 0 fully saturated rings. The largest absolute Gasteiger partial charge is 0.319 e. The quantitative estimate of drug-likeness (QED) is 0.382. The first-order valence-electron chi connectivity index (χ1n) is 7.77. The lowest BCUT2D eigenvalue weighted by molar-refractivity contribution is 0.834. The number of hydrogen-bond acceptors (Lipinski definition) is 1. The Morgan fingerprint density at radius 3 is 2.40 bits per heavy atom. The first-order valence-corrected chi connectivity index (χ1v) is 8.90. The van der Waals surface area contributed by atoms with Gasteiger partial charge in [-0.15, -0.1) is 0 Å². The van der Waals surface area contributed by atoms with Gasteiger partial charge in [-0.2, -0.15) is 0 Å². The van der Waals surface area contributed by atoms with Crippen molar-refractivity contribution in [1.29, 1.82) is 0 Å². The summed E-state index contributed by atoms with van der Waals surface area (Å²) in [4.78, 5) is 4.79. The van der Waals surface area contributed by atoms with Crippen LogP contribution in [0.4, 0.5) is 0 Å². The zero-order valence-corrected chi connectivity index (χ0v) is 15.4. The van der Waals surface area contributed by atoms with E-state index in [4.69, 9.17) is 39.8 Å². The molecule has 0 saturated heterocycles. The fourth-order valence-electron chi connectivity index (χ4n) is 2.93. The number of halogens is 3. The van der Waals surface area contributed by atoms with Crippen molar-refractivity contribution < 1.29 is 0 Å². The van der Waals surface area contributed by atoms with Crippen molar-refractivity contribution in [3.8, 4) is 11.4 Å². The number of rotatable bonds is 3. The molecule has 0 atom stereocenters. The summed E-state index contributed by atoms with van der Waals surface area (Å²) >= 11 is 18.6. The molecule has 124 valence electrons. The number of para-hydroxylation sites is 2. The number of benzene rings is 3. The molecule has 0 aliphatic carbocycles. The predicted molar refractivity (Wildman–Crippen MR) is 106 cm³/mol. The Hall–Kier alpha value is -2.00. The van der Waals surface area contributed by atoms with E-state index >= 15 is 0 Å². The van der Waals surface area contributed by atoms with Gasteiger partial charge in [-0.1, -0.05) is 59.1 Å².